The minimum absolute atomic E-state index is 0.425. The van der Waals surface area contributed by atoms with Crippen LogP contribution in [0.25, 0.3) is 0 Å². The normalized spacial score (nSPS) is 20.8. The average molecular weight is 341 g/mol. The Bertz CT molecular complexity index is 539. The lowest BCUT2D eigenvalue weighted by atomic mass is 9.85. The molecule has 3 rings (SSSR count). The third-order valence-corrected chi connectivity index (χ3v) is 6.22. The van der Waals surface area contributed by atoms with E-state index in [9.17, 15) is 9.90 Å². The van der Waals surface area contributed by atoms with Gasteiger partial charge in [0.25, 0.3) is 0 Å². The van der Waals surface area contributed by atoms with Gasteiger partial charge < -0.3 is 9.84 Å². The van der Waals surface area contributed by atoms with Gasteiger partial charge >= 0.3 is 5.97 Å². The van der Waals surface area contributed by atoms with Crippen LogP contribution in [0.5, 0.6) is 0 Å². The predicted octanol–water partition coefficient (Wildman–Crippen LogP) is 4.58. The first-order valence-electron chi connectivity index (χ1n) is 7.90. The van der Waals surface area contributed by atoms with E-state index < -0.39 is 11.9 Å². The topological polar surface area (TPSA) is 46.5 Å². The summed E-state index contributed by atoms with van der Waals surface area (Å²) in [6.07, 6.45) is 5.08. The van der Waals surface area contributed by atoms with E-state index in [1.54, 1.807) is 11.8 Å². The van der Waals surface area contributed by atoms with Crippen LogP contribution in [0.3, 0.4) is 0 Å². The second-order valence-corrected chi connectivity index (χ2v) is 7.94. The van der Waals surface area contributed by atoms with Crippen LogP contribution in [0.4, 0.5) is 0 Å². The molecule has 22 heavy (non-hydrogen) atoms. The van der Waals surface area contributed by atoms with Crippen molar-refractivity contribution in [3.05, 3.63) is 28.8 Å². The molecular formula is C17H21ClO3S. The van der Waals surface area contributed by atoms with E-state index in [0.717, 1.165) is 36.5 Å². The van der Waals surface area contributed by atoms with Crippen LogP contribution in [0, 0.1) is 5.92 Å². The van der Waals surface area contributed by atoms with Crippen molar-refractivity contribution in [2.45, 2.75) is 48.2 Å². The average Bonchev–Trinajstić information content (AvgIpc) is 3.32. The van der Waals surface area contributed by atoms with Gasteiger partial charge in [0.15, 0.2) is 0 Å². The van der Waals surface area contributed by atoms with Gasteiger partial charge in [-0.1, -0.05) is 17.7 Å². The molecule has 5 heteroatoms. The van der Waals surface area contributed by atoms with Gasteiger partial charge in [-0.2, -0.15) is 0 Å². The molecule has 1 unspecified atom stereocenters. The Hall–Kier alpha value is -0.710. The lowest BCUT2D eigenvalue weighted by Gasteiger charge is -2.25. The van der Waals surface area contributed by atoms with Gasteiger partial charge in [0.1, 0.15) is 0 Å². The molecule has 1 aromatic rings. The summed E-state index contributed by atoms with van der Waals surface area (Å²) in [7, 11) is 0. The zero-order chi connectivity index (χ0) is 15.5. The van der Waals surface area contributed by atoms with Gasteiger partial charge in [-0.15, -0.1) is 11.8 Å². The van der Waals surface area contributed by atoms with Crippen LogP contribution in [0.2, 0.25) is 5.02 Å². The van der Waals surface area contributed by atoms with E-state index in [-0.39, 0.29) is 0 Å². The predicted molar refractivity (Wildman–Crippen MR) is 88.9 cm³/mol. The van der Waals surface area contributed by atoms with E-state index in [1.165, 1.54) is 12.8 Å². The maximum absolute atomic E-state index is 11.7. The molecule has 0 amide bonds. The number of thioether (sulfide) groups is 1. The summed E-state index contributed by atoms with van der Waals surface area (Å²) in [4.78, 5) is 12.8. The number of ether oxygens (including phenoxy) is 1. The molecule has 1 saturated heterocycles. The second kappa shape index (κ2) is 7.24. The van der Waals surface area contributed by atoms with Gasteiger partial charge in [0, 0.05) is 23.4 Å². The van der Waals surface area contributed by atoms with Crippen molar-refractivity contribution in [1.82, 2.24) is 0 Å². The quantitative estimate of drug-likeness (QED) is 0.823. The fourth-order valence-electron chi connectivity index (χ4n) is 2.89. The molecule has 0 bridgehead atoms. The van der Waals surface area contributed by atoms with E-state index in [2.05, 4.69) is 0 Å². The number of hydrogen-bond donors (Lipinski definition) is 1. The Morgan fingerprint density at radius 1 is 1.32 bits per heavy atom. The minimum atomic E-state index is -0.759. The highest BCUT2D eigenvalue weighted by atomic mass is 35.5. The van der Waals surface area contributed by atoms with Gasteiger partial charge in [0.2, 0.25) is 0 Å². The summed E-state index contributed by atoms with van der Waals surface area (Å²) in [6, 6.07) is 5.78. The van der Waals surface area contributed by atoms with Crippen molar-refractivity contribution in [2.24, 2.45) is 5.92 Å². The first-order valence-corrected chi connectivity index (χ1v) is 9.16. The van der Waals surface area contributed by atoms with E-state index in [1.807, 2.05) is 18.2 Å². The molecule has 120 valence electrons. The van der Waals surface area contributed by atoms with Crippen molar-refractivity contribution < 1.29 is 14.6 Å². The van der Waals surface area contributed by atoms with Crippen LogP contribution < -0.4 is 0 Å². The molecule has 1 N–H and O–H groups in total. The number of benzene rings is 1. The zero-order valence-electron chi connectivity index (χ0n) is 12.5. The van der Waals surface area contributed by atoms with E-state index in [0.29, 0.717) is 22.6 Å². The molecule has 1 heterocycles. The van der Waals surface area contributed by atoms with Crippen molar-refractivity contribution in [2.75, 3.05) is 13.2 Å². The number of aliphatic carboxylic acids is 1. The minimum Gasteiger partial charge on any atom is -0.481 e. The number of rotatable bonds is 6. The summed E-state index contributed by atoms with van der Waals surface area (Å²) in [5.74, 6) is -0.806. The van der Waals surface area contributed by atoms with Crippen molar-refractivity contribution in [3.8, 4) is 0 Å². The number of halogens is 1. The Kier molecular flexibility index (Phi) is 5.32. The maximum Gasteiger partial charge on any atom is 0.310 e. The van der Waals surface area contributed by atoms with Crippen LogP contribution >= 0.6 is 23.4 Å². The van der Waals surface area contributed by atoms with Gasteiger partial charge in [0.05, 0.1) is 10.9 Å². The summed E-state index contributed by atoms with van der Waals surface area (Å²) in [6.45, 7) is 1.49. The maximum atomic E-state index is 11.7. The third-order valence-electron chi connectivity index (χ3n) is 4.38. The third kappa shape index (κ3) is 4.18. The fourth-order valence-corrected chi connectivity index (χ4v) is 4.26. The number of carboxylic acids is 1. The SMILES string of the molecule is O=C(O)C(CC1CCOCC1)c1ccc(SC2CC2)c(Cl)c1. The van der Waals surface area contributed by atoms with Gasteiger partial charge in [-0.3, -0.25) is 4.79 Å². The van der Waals surface area contributed by atoms with Gasteiger partial charge in [-0.05, 0) is 55.7 Å². The largest absolute Gasteiger partial charge is 0.481 e. The van der Waals surface area contributed by atoms with Crippen LogP contribution in [0.15, 0.2) is 23.1 Å². The molecule has 2 aliphatic rings. The Labute approximate surface area is 140 Å². The summed E-state index contributed by atoms with van der Waals surface area (Å²) < 4.78 is 5.35. The molecule has 0 aromatic heterocycles. The summed E-state index contributed by atoms with van der Waals surface area (Å²) in [5, 5.41) is 11.0. The zero-order valence-corrected chi connectivity index (χ0v) is 14.0. The van der Waals surface area contributed by atoms with Crippen molar-refractivity contribution >= 4 is 29.3 Å². The molecule has 1 aromatic carbocycles. The Morgan fingerprint density at radius 2 is 2.05 bits per heavy atom. The van der Waals surface area contributed by atoms with Gasteiger partial charge in [-0.25, -0.2) is 0 Å². The highest BCUT2D eigenvalue weighted by molar-refractivity contribution is 8.00. The van der Waals surface area contributed by atoms with Crippen LogP contribution in [0.1, 0.15) is 43.6 Å². The second-order valence-electron chi connectivity index (χ2n) is 6.19. The molecular weight excluding hydrogens is 320 g/mol. The molecule has 3 nitrogen and oxygen atoms in total. The van der Waals surface area contributed by atoms with E-state index >= 15 is 0 Å². The number of hydrogen-bond acceptors (Lipinski definition) is 3. The molecule has 1 saturated carbocycles. The number of carbonyl (C=O) groups is 1. The molecule has 0 radical (unpaired) electrons. The summed E-state index contributed by atoms with van der Waals surface area (Å²) in [5.41, 5.74) is 0.823. The monoisotopic (exact) mass is 340 g/mol. The fraction of sp³-hybridized carbons (Fsp3) is 0.588. The van der Waals surface area contributed by atoms with Crippen molar-refractivity contribution in [1.29, 1.82) is 0 Å². The molecule has 1 aliphatic heterocycles. The van der Waals surface area contributed by atoms with Crippen molar-refractivity contribution in [3.63, 3.8) is 0 Å². The first-order chi connectivity index (χ1) is 10.6. The summed E-state index contributed by atoms with van der Waals surface area (Å²) >= 11 is 8.16. The van der Waals surface area contributed by atoms with Crippen LogP contribution in [-0.4, -0.2) is 29.5 Å². The lowest BCUT2D eigenvalue weighted by molar-refractivity contribution is -0.139. The smallest absolute Gasteiger partial charge is 0.310 e. The lowest BCUT2D eigenvalue weighted by Crippen LogP contribution is -2.21. The Balaban J connectivity index is 1.72. The van der Waals surface area contributed by atoms with E-state index in [4.69, 9.17) is 16.3 Å². The highest BCUT2D eigenvalue weighted by Crippen LogP contribution is 2.42. The standard InChI is InChI=1S/C17H21ClO3S/c18-15-10-12(1-4-16(15)22-13-2-3-13)14(17(19)20)9-11-5-7-21-8-6-11/h1,4,10-11,13-14H,2-3,5-9H2,(H,19,20). The molecule has 1 aliphatic carbocycles. The highest BCUT2D eigenvalue weighted by Gasteiger charge is 2.27. The molecule has 0 spiro atoms. The van der Waals surface area contributed by atoms with Crippen LogP contribution in [-0.2, 0) is 9.53 Å². The first kappa shape index (κ1) is 16.2. The Morgan fingerprint density at radius 3 is 2.64 bits per heavy atom. The number of carboxylic acid groups (broad SMARTS) is 1. The molecule has 2 fully saturated rings. The molecule has 1 atom stereocenters.